The molecule has 0 radical (unpaired) electrons. The van der Waals surface area contributed by atoms with Crippen molar-refractivity contribution in [3.63, 3.8) is 0 Å². The van der Waals surface area contributed by atoms with Crippen LogP contribution in [0.2, 0.25) is 0 Å². The summed E-state index contributed by atoms with van der Waals surface area (Å²) in [5, 5.41) is 7.38. The minimum absolute atomic E-state index is 0.100. The quantitative estimate of drug-likeness (QED) is 0.940. The summed E-state index contributed by atoms with van der Waals surface area (Å²) in [5.41, 5.74) is 6.18. The summed E-state index contributed by atoms with van der Waals surface area (Å²) in [5.74, 6) is 0.871. The normalized spacial score (nSPS) is 17.2. The highest BCUT2D eigenvalue weighted by atomic mass is 16.5. The van der Waals surface area contributed by atoms with Gasteiger partial charge in [-0.1, -0.05) is 12.1 Å². The molecule has 1 N–H and O–H groups in total. The van der Waals surface area contributed by atoms with Gasteiger partial charge in [0.2, 0.25) is 5.91 Å². The third kappa shape index (κ3) is 2.60. The van der Waals surface area contributed by atoms with Gasteiger partial charge in [0.05, 0.1) is 23.6 Å². The number of carbonyl (C=O) groups is 1. The molecule has 1 aromatic heterocycles. The lowest BCUT2D eigenvalue weighted by atomic mass is 10.0. The van der Waals surface area contributed by atoms with Gasteiger partial charge < -0.3 is 14.7 Å². The fourth-order valence-corrected chi connectivity index (χ4v) is 3.02. The van der Waals surface area contributed by atoms with Crippen LogP contribution >= 0.6 is 0 Å². The highest BCUT2D eigenvalue weighted by Crippen LogP contribution is 2.36. The van der Waals surface area contributed by atoms with Crippen molar-refractivity contribution < 1.29 is 9.32 Å². The van der Waals surface area contributed by atoms with Gasteiger partial charge in [0.25, 0.3) is 0 Å². The zero-order valence-electron chi connectivity index (χ0n) is 14.4. The monoisotopic (exact) mass is 313 g/mol. The number of hydrogen-bond acceptors (Lipinski definition) is 4. The molecule has 2 heterocycles. The third-order valence-corrected chi connectivity index (χ3v) is 4.70. The Bertz CT molecular complexity index is 744. The third-order valence-electron chi connectivity index (χ3n) is 4.70. The van der Waals surface area contributed by atoms with Crippen LogP contribution in [0.3, 0.4) is 0 Å². The Kier molecular flexibility index (Phi) is 3.88. The van der Waals surface area contributed by atoms with E-state index in [9.17, 15) is 4.79 Å². The zero-order valence-corrected chi connectivity index (χ0v) is 14.4. The summed E-state index contributed by atoms with van der Waals surface area (Å²) in [6, 6.07) is 4.02. The Morgan fingerprint density at radius 3 is 2.52 bits per heavy atom. The lowest BCUT2D eigenvalue weighted by Gasteiger charge is -2.35. The number of nitrogens with one attached hydrogen (secondary N) is 1. The Hall–Kier alpha value is -2.30. The number of rotatable bonds is 3. The average molecular weight is 313 g/mol. The van der Waals surface area contributed by atoms with Gasteiger partial charge in [-0.25, -0.2) is 0 Å². The molecule has 23 heavy (non-hydrogen) atoms. The van der Waals surface area contributed by atoms with E-state index in [1.165, 1.54) is 11.1 Å². The smallest absolute Gasteiger partial charge is 0.249 e. The lowest BCUT2D eigenvalue weighted by Crippen LogP contribution is -2.46. The molecule has 5 nitrogen and oxygen atoms in total. The van der Waals surface area contributed by atoms with Gasteiger partial charge in [-0.05, 0) is 57.4 Å². The largest absolute Gasteiger partial charge is 0.372 e. The first-order valence-corrected chi connectivity index (χ1v) is 8.03. The van der Waals surface area contributed by atoms with Crippen LogP contribution in [0, 0.1) is 27.7 Å². The molecule has 2 aromatic rings. The number of amides is 1. The number of nitrogens with zero attached hydrogens (tertiary/aromatic N) is 2. The predicted molar refractivity (Wildman–Crippen MR) is 90.8 cm³/mol. The number of anilines is 2. The first-order chi connectivity index (χ1) is 10.9. The van der Waals surface area contributed by atoms with Crippen LogP contribution in [0.5, 0.6) is 0 Å². The molecule has 0 spiro atoms. The maximum atomic E-state index is 12.9. The fraction of sp³-hybridized carbons (Fsp3) is 0.444. The summed E-state index contributed by atoms with van der Waals surface area (Å²) < 4.78 is 5.25. The molecule has 3 rings (SSSR count). The van der Waals surface area contributed by atoms with E-state index in [0.717, 1.165) is 34.8 Å². The van der Waals surface area contributed by atoms with E-state index >= 15 is 0 Å². The van der Waals surface area contributed by atoms with E-state index < -0.39 is 0 Å². The second kappa shape index (κ2) is 5.72. The van der Waals surface area contributed by atoms with E-state index in [2.05, 4.69) is 36.5 Å². The summed E-state index contributed by atoms with van der Waals surface area (Å²) >= 11 is 0. The number of hydrogen-bond donors (Lipinski definition) is 1. The molecule has 1 atom stereocenters. The molecule has 0 saturated carbocycles. The van der Waals surface area contributed by atoms with Crippen molar-refractivity contribution in [2.45, 2.75) is 53.6 Å². The highest BCUT2D eigenvalue weighted by molar-refractivity contribution is 6.05. The summed E-state index contributed by atoms with van der Waals surface area (Å²) in [4.78, 5) is 14.7. The van der Waals surface area contributed by atoms with Crippen LogP contribution in [0.1, 0.15) is 41.5 Å². The molecule has 0 saturated heterocycles. The van der Waals surface area contributed by atoms with Crippen molar-refractivity contribution in [1.29, 1.82) is 0 Å². The molecule has 1 amide bonds. The van der Waals surface area contributed by atoms with Crippen molar-refractivity contribution in [1.82, 2.24) is 5.16 Å². The SMILES string of the molecule is CCC1Nc2cc(C)c(C)cc2N(Cc2c(C)noc2C)C1=O. The molecule has 0 fully saturated rings. The molecule has 5 heteroatoms. The number of aryl methyl sites for hydroxylation is 4. The standard InChI is InChI=1S/C18H23N3O2/c1-6-15-18(22)21(9-14-12(4)20-23-13(14)5)17-8-11(3)10(2)7-16(17)19-15/h7-8,15,19H,6,9H2,1-5H3. The van der Waals surface area contributed by atoms with Gasteiger partial charge in [-0.3, -0.25) is 4.79 Å². The van der Waals surface area contributed by atoms with Crippen molar-refractivity contribution in [2.75, 3.05) is 10.2 Å². The summed E-state index contributed by atoms with van der Waals surface area (Å²) in [6.45, 7) is 10.5. The predicted octanol–water partition coefficient (Wildman–Crippen LogP) is 3.65. The zero-order chi connectivity index (χ0) is 16.7. The number of aromatic nitrogens is 1. The first kappa shape index (κ1) is 15.6. The van der Waals surface area contributed by atoms with Crippen LogP contribution < -0.4 is 10.2 Å². The number of benzene rings is 1. The topological polar surface area (TPSA) is 58.4 Å². The second-order valence-electron chi connectivity index (χ2n) is 6.29. The molecule has 0 bridgehead atoms. The summed E-state index contributed by atoms with van der Waals surface area (Å²) in [7, 11) is 0. The first-order valence-electron chi connectivity index (χ1n) is 8.03. The van der Waals surface area contributed by atoms with E-state index in [4.69, 9.17) is 4.52 Å². The van der Waals surface area contributed by atoms with E-state index in [1.807, 2.05) is 25.7 Å². The van der Waals surface area contributed by atoms with Gasteiger partial charge in [0.15, 0.2) is 0 Å². The fourth-order valence-electron chi connectivity index (χ4n) is 3.02. The number of carbonyl (C=O) groups excluding carboxylic acids is 1. The second-order valence-corrected chi connectivity index (χ2v) is 6.29. The molecular weight excluding hydrogens is 290 g/mol. The lowest BCUT2D eigenvalue weighted by molar-refractivity contribution is -0.119. The van der Waals surface area contributed by atoms with E-state index in [-0.39, 0.29) is 11.9 Å². The van der Waals surface area contributed by atoms with Crippen LogP contribution in [-0.2, 0) is 11.3 Å². The number of fused-ring (bicyclic) bond motifs is 1. The average Bonchev–Trinajstić information content (AvgIpc) is 2.83. The Balaban J connectivity index is 2.07. The van der Waals surface area contributed by atoms with Crippen LogP contribution in [0.25, 0.3) is 0 Å². The van der Waals surface area contributed by atoms with Crippen LogP contribution in [0.4, 0.5) is 11.4 Å². The van der Waals surface area contributed by atoms with Gasteiger partial charge in [-0.2, -0.15) is 0 Å². The Morgan fingerprint density at radius 2 is 1.91 bits per heavy atom. The minimum Gasteiger partial charge on any atom is -0.372 e. The van der Waals surface area contributed by atoms with Crippen molar-refractivity contribution in [2.24, 2.45) is 0 Å². The van der Waals surface area contributed by atoms with Gasteiger partial charge in [0.1, 0.15) is 11.8 Å². The van der Waals surface area contributed by atoms with Crippen LogP contribution in [0.15, 0.2) is 16.7 Å². The molecule has 122 valence electrons. The molecular formula is C18H23N3O2. The van der Waals surface area contributed by atoms with Gasteiger partial charge in [0, 0.05) is 5.56 Å². The van der Waals surface area contributed by atoms with E-state index in [0.29, 0.717) is 6.54 Å². The summed E-state index contributed by atoms with van der Waals surface area (Å²) in [6.07, 6.45) is 0.753. The minimum atomic E-state index is -0.190. The molecule has 1 aromatic carbocycles. The molecule has 1 aliphatic heterocycles. The Morgan fingerprint density at radius 1 is 1.22 bits per heavy atom. The van der Waals surface area contributed by atoms with Crippen molar-refractivity contribution >= 4 is 17.3 Å². The molecule has 0 aliphatic carbocycles. The van der Waals surface area contributed by atoms with Gasteiger partial charge >= 0.3 is 0 Å². The maximum Gasteiger partial charge on any atom is 0.249 e. The van der Waals surface area contributed by atoms with Crippen molar-refractivity contribution in [3.05, 3.63) is 40.3 Å². The molecule has 1 unspecified atom stereocenters. The Labute approximate surface area is 136 Å². The van der Waals surface area contributed by atoms with E-state index in [1.54, 1.807) is 0 Å². The van der Waals surface area contributed by atoms with Crippen LogP contribution in [-0.4, -0.2) is 17.1 Å². The highest BCUT2D eigenvalue weighted by Gasteiger charge is 2.32. The van der Waals surface area contributed by atoms with Gasteiger partial charge in [-0.15, -0.1) is 0 Å². The molecule has 1 aliphatic rings. The van der Waals surface area contributed by atoms with Crippen molar-refractivity contribution in [3.8, 4) is 0 Å². The maximum absolute atomic E-state index is 12.9.